The predicted molar refractivity (Wildman–Crippen MR) is 42.3 cm³/mol. The maximum absolute atomic E-state index is 10.9. The summed E-state index contributed by atoms with van der Waals surface area (Å²) in [6, 6.07) is 3.58. The van der Waals surface area contributed by atoms with Crippen LogP contribution < -0.4 is 5.48 Å². The van der Waals surface area contributed by atoms with E-state index in [1.54, 1.807) is 6.07 Å². The highest BCUT2D eigenvalue weighted by Gasteiger charge is 2.05. The summed E-state index contributed by atoms with van der Waals surface area (Å²) >= 11 is 0. The monoisotopic (exact) mass is 169 g/mol. The SMILES string of the molecule is CONC(=O)Cc1ccc(C)o1. The first kappa shape index (κ1) is 8.80. The van der Waals surface area contributed by atoms with E-state index in [0.29, 0.717) is 5.76 Å². The normalized spacial score (nSPS) is 9.83. The summed E-state index contributed by atoms with van der Waals surface area (Å²) in [5.74, 6) is 1.23. The van der Waals surface area contributed by atoms with E-state index in [4.69, 9.17) is 4.42 Å². The highest BCUT2D eigenvalue weighted by molar-refractivity contribution is 5.76. The van der Waals surface area contributed by atoms with Crippen molar-refractivity contribution in [3.05, 3.63) is 23.7 Å². The van der Waals surface area contributed by atoms with Crippen molar-refractivity contribution < 1.29 is 14.0 Å². The number of furan rings is 1. The molecule has 1 aromatic rings. The Morgan fingerprint density at radius 2 is 2.42 bits per heavy atom. The van der Waals surface area contributed by atoms with Crippen molar-refractivity contribution in [2.45, 2.75) is 13.3 Å². The number of carbonyl (C=O) groups excluding carboxylic acids is 1. The third-order valence-corrected chi connectivity index (χ3v) is 1.35. The van der Waals surface area contributed by atoms with Gasteiger partial charge in [0, 0.05) is 0 Å². The maximum atomic E-state index is 10.9. The molecular weight excluding hydrogens is 158 g/mol. The molecule has 4 heteroatoms. The molecule has 0 fully saturated rings. The Bertz CT molecular complexity index is 267. The molecule has 0 aliphatic heterocycles. The highest BCUT2D eigenvalue weighted by atomic mass is 16.6. The Morgan fingerprint density at radius 1 is 1.67 bits per heavy atom. The molecule has 66 valence electrons. The average molecular weight is 169 g/mol. The van der Waals surface area contributed by atoms with Crippen LogP contribution in [-0.2, 0) is 16.1 Å². The van der Waals surface area contributed by atoms with Crippen LogP contribution in [0.5, 0.6) is 0 Å². The number of rotatable bonds is 3. The molecule has 1 rings (SSSR count). The Kier molecular flexibility index (Phi) is 2.88. The number of aryl methyl sites for hydroxylation is 1. The van der Waals surface area contributed by atoms with Gasteiger partial charge in [-0.25, -0.2) is 5.48 Å². The molecule has 0 unspecified atom stereocenters. The van der Waals surface area contributed by atoms with Crippen molar-refractivity contribution in [3.8, 4) is 0 Å². The topological polar surface area (TPSA) is 51.5 Å². The molecule has 4 nitrogen and oxygen atoms in total. The van der Waals surface area contributed by atoms with E-state index >= 15 is 0 Å². The van der Waals surface area contributed by atoms with Gasteiger partial charge in [0.05, 0.1) is 13.5 Å². The van der Waals surface area contributed by atoms with Crippen LogP contribution >= 0.6 is 0 Å². The van der Waals surface area contributed by atoms with Gasteiger partial charge in [0.25, 0.3) is 5.91 Å². The van der Waals surface area contributed by atoms with Crippen molar-refractivity contribution in [1.82, 2.24) is 5.48 Å². The van der Waals surface area contributed by atoms with Gasteiger partial charge >= 0.3 is 0 Å². The van der Waals surface area contributed by atoms with Gasteiger partial charge in [-0.05, 0) is 19.1 Å². The van der Waals surface area contributed by atoms with Gasteiger partial charge in [0.15, 0.2) is 0 Å². The van der Waals surface area contributed by atoms with Crippen LogP contribution in [0.25, 0.3) is 0 Å². The summed E-state index contributed by atoms with van der Waals surface area (Å²) in [5.41, 5.74) is 2.20. The van der Waals surface area contributed by atoms with E-state index in [1.807, 2.05) is 13.0 Å². The summed E-state index contributed by atoms with van der Waals surface area (Å²) in [6.45, 7) is 1.83. The fourth-order valence-electron chi connectivity index (χ4n) is 0.888. The summed E-state index contributed by atoms with van der Waals surface area (Å²) in [5, 5.41) is 0. The zero-order chi connectivity index (χ0) is 8.97. The predicted octanol–water partition coefficient (Wildman–Crippen LogP) is 0.808. The third kappa shape index (κ3) is 2.39. The molecule has 0 saturated heterocycles. The second kappa shape index (κ2) is 3.92. The lowest BCUT2D eigenvalue weighted by molar-refractivity contribution is -0.130. The van der Waals surface area contributed by atoms with Crippen LogP contribution in [0.4, 0.5) is 0 Å². The largest absolute Gasteiger partial charge is 0.466 e. The van der Waals surface area contributed by atoms with Crippen LogP contribution in [0, 0.1) is 6.92 Å². The van der Waals surface area contributed by atoms with Crippen molar-refractivity contribution in [2.75, 3.05) is 7.11 Å². The van der Waals surface area contributed by atoms with Crippen LogP contribution in [0.1, 0.15) is 11.5 Å². The van der Waals surface area contributed by atoms with E-state index in [1.165, 1.54) is 7.11 Å². The lowest BCUT2D eigenvalue weighted by atomic mass is 10.3. The quantitative estimate of drug-likeness (QED) is 0.681. The smallest absolute Gasteiger partial charge is 0.251 e. The fraction of sp³-hybridized carbons (Fsp3) is 0.375. The fourth-order valence-corrected chi connectivity index (χ4v) is 0.888. The van der Waals surface area contributed by atoms with Crippen molar-refractivity contribution in [3.63, 3.8) is 0 Å². The Morgan fingerprint density at radius 3 is 2.92 bits per heavy atom. The molecule has 0 aromatic carbocycles. The van der Waals surface area contributed by atoms with Crippen LogP contribution in [0.2, 0.25) is 0 Å². The molecule has 1 amide bonds. The minimum absolute atomic E-state index is 0.210. The zero-order valence-corrected chi connectivity index (χ0v) is 7.09. The molecule has 12 heavy (non-hydrogen) atoms. The number of carbonyl (C=O) groups is 1. The Hall–Kier alpha value is -1.29. The summed E-state index contributed by atoms with van der Waals surface area (Å²) in [6.07, 6.45) is 0.210. The molecule has 0 aliphatic carbocycles. The van der Waals surface area contributed by atoms with Crippen molar-refractivity contribution in [1.29, 1.82) is 0 Å². The summed E-state index contributed by atoms with van der Waals surface area (Å²) < 4.78 is 5.18. The highest BCUT2D eigenvalue weighted by Crippen LogP contribution is 2.06. The zero-order valence-electron chi connectivity index (χ0n) is 7.09. The van der Waals surface area contributed by atoms with Crippen molar-refractivity contribution >= 4 is 5.91 Å². The molecular formula is C8H11NO3. The molecule has 0 radical (unpaired) electrons. The minimum Gasteiger partial charge on any atom is -0.466 e. The second-order valence-electron chi connectivity index (χ2n) is 2.42. The summed E-state index contributed by atoms with van der Waals surface area (Å²) in [4.78, 5) is 15.4. The average Bonchev–Trinajstić information content (AvgIpc) is 2.36. The van der Waals surface area contributed by atoms with E-state index in [9.17, 15) is 4.79 Å². The molecule has 0 spiro atoms. The Labute approximate surface area is 70.5 Å². The standard InChI is InChI=1S/C8H11NO3/c1-6-3-4-7(12-6)5-8(10)9-11-2/h3-4H,5H2,1-2H3,(H,9,10). The van der Waals surface area contributed by atoms with Gasteiger partial charge in [0.2, 0.25) is 0 Å². The first-order valence-electron chi connectivity index (χ1n) is 3.59. The first-order chi connectivity index (χ1) is 5.72. The van der Waals surface area contributed by atoms with E-state index in [2.05, 4.69) is 10.3 Å². The minimum atomic E-state index is -0.216. The molecule has 1 N–H and O–H groups in total. The maximum Gasteiger partial charge on any atom is 0.251 e. The van der Waals surface area contributed by atoms with Crippen LogP contribution in [-0.4, -0.2) is 13.0 Å². The lowest BCUT2D eigenvalue weighted by Gasteiger charge is -1.98. The number of amides is 1. The first-order valence-corrected chi connectivity index (χ1v) is 3.59. The lowest BCUT2D eigenvalue weighted by Crippen LogP contribution is -2.23. The number of nitrogens with one attached hydrogen (secondary N) is 1. The number of hydroxylamine groups is 1. The molecule has 1 heterocycles. The van der Waals surface area contributed by atoms with E-state index in [-0.39, 0.29) is 12.3 Å². The van der Waals surface area contributed by atoms with Gasteiger partial charge in [-0.3, -0.25) is 9.63 Å². The Balaban J connectivity index is 2.46. The van der Waals surface area contributed by atoms with Crippen LogP contribution in [0.3, 0.4) is 0 Å². The van der Waals surface area contributed by atoms with Gasteiger partial charge in [0.1, 0.15) is 11.5 Å². The van der Waals surface area contributed by atoms with Gasteiger partial charge in [-0.2, -0.15) is 0 Å². The molecule has 0 bridgehead atoms. The van der Waals surface area contributed by atoms with E-state index < -0.39 is 0 Å². The second-order valence-corrected chi connectivity index (χ2v) is 2.42. The van der Waals surface area contributed by atoms with Gasteiger partial charge in [-0.15, -0.1) is 0 Å². The molecule has 0 saturated carbocycles. The van der Waals surface area contributed by atoms with Crippen molar-refractivity contribution in [2.24, 2.45) is 0 Å². The molecule has 0 atom stereocenters. The number of hydrogen-bond donors (Lipinski definition) is 1. The summed E-state index contributed by atoms with van der Waals surface area (Å²) in [7, 11) is 1.39. The molecule has 0 aliphatic rings. The number of hydrogen-bond acceptors (Lipinski definition) is 3. The van der Waals surface area contributed by atoms with E-state index in [0.717, 1.165) is 5.76 Å². The molecule has 1 aromatic heterocycles. The third-order valence-electron chi connectivity index (χ3n) is 1.35. The van der Waals surface area contributed by atoms with Gasteiger partial charge in [-0.1, -0.05) is 0 Å². The van der Waals surface area contributed by atoms with Crippen LogP contribution in [0.15, 0.2) is 16.5 Å². The van der Waals surface area contributed by atoms with Gasteiger partial charge < -0.3 is 4.42 Å².